The van der Waals surface area contributed by atoms with Gasteiger partial charge in [-0.1, -0.05) is 0 Å². The highest BCUT2D eigenvalue weighted by Crippen LogP contribution is 2.23. The summed E-state index contributed by atoms with van der Waals surface area (Å²) in [7, 11) is 2.13. The Morgan fingerprint density at radius 1 is 1.40 bits per heavy atom. The summed E-state index contributed by atoms with van der Waals surface area (Å²) >= 11 is 0. The molecule has 2 N–H and O–H groups in total. The van der Waals surface area contributed by atoms with Crippen molar-refractivity contribution in [2.45, 2.75) is 37.5 Å². The van der Waals surface area contributed by atoms with Gasteiger partial charge in [0.05, 0.1) is 13.2 Å². The molecule has 3 aliphatic rings. The predicted octanol–water partition coefficient (Wildman–Crippen LogP) is -0.147. The Labute approximate surface area is 120 Å². The van der Waals surface area contributed by atoms with E-state index in [9.17, 15) is 4.79 Å². The zero-order valence-corrected chi connectivity index (χ0v) is 12.5. The van der Waals surface area contributed by atoms with Crippen LogP contribution in [0.15, 0.2) is 0 Å². The largest absolute Gasteiger partial charge is 0.369 e. The molecule has 6 nitrogen and oxygen atoms in total. The van der Waals surface area contributed by atoms with Gasteiger partial charge < -0.3 is 25.2 Å². The molecule has 0 radical (unpaired) electrons. The fourth-order valence-corrected chi connectivity index (χ4v) is 3.39. The van der Waals surface area contributed by atoms with Crippen molar-refractivity contribution in [3.05, 3.63) is 0 Å². The molecule has 2 atom stereocenters. The topological polar surface area (TPSA) is 56.8 Å². The van der Waals surface area contributed by atoms with Gasteiger partial charge in [0.1, 0.15) is 5.60 Å². The van der Waals surface area contributed by atoms with Gasteiger partial charge in [-0.25, -0.2) is 4.79 Å². The number of ether oxygens (including phenoxy) is 1. The number of hydrogen-bond acceptors (Lipinski definition) is 4. The molecule has 1 spiro atoms. The van der Waals surface area contributed by atoms with E-state index < -0.39 is 0 Å². The third-order valence-corrected chi connectivity index (χ3v) is 5.04. The number of carbonyl (C=O) groups is 1. The van der Waals surface area contributed by atoms with Crippen LogP contribution in [0, 0.1) is 0 Å². The molecule has 20 heavy (non-hydrogen) atoms. The number of carbonyl (C=O) groups excluding carboxylic acids is 1. The van der Waals surface area contributed by atoms with Crippen molar-refractivity contribution in [3.63, 3.8) is 0 Å². The van der Waals surface area contributed by atoms with Crippen LogP contribution in [0.1, 0.15) is 19.8 Å². The van der Waals surface area contributed by atoms with Crippen LogP contribution in [0.3, 0.4) is 0 Å². The number of likely N-dealkylation sites (N-methyl/N-ethyl adjacent to an activating group) is 1. The van der Waals surface area contributed by atoms with E-state index in [0.29, 0.717) is 25.7 Å². The molecule has 2 unspecified atom stereocenters. The van der Waals surface area contributed by atoms with E-state index in [1.165, 1.54) is 0 Å². The van der Waals surface area contributed by atoms with Gasteiger partial charge in [0.15, 0.2) is 0 Å². The van der Waals surface area contributed by atoms with Gasteiger partial charge in [-0.3, -0.25) is 0 Å². The number of nitrogens with zero attached hydrogens (tertiary/aromatic N) is 2. The lowest BCUT2D eigenvalue weighted by Crippen LogP contribution is -2.70. The Kier molecular flexibility index (Phi) is 3.88. The molecular weight excluding hydrogens is 256 g/mol. The molecule has 0 aromatic heterocycles. The van der Waals surface area contributed by atoms with E-state index in [-0.39, 0.29) is 17.7 Å². The number of nitrogens with one attached hydrogen (secondary N) is 2. The van der Waals surface area contributed by atoms with Crippen LogP contribution in [-0.4, -0.2) is 79.9 Å². The van der Waals surface area contributed by atoms with Crippen LogP contribution >= 0.6 is 0 Å². The van der Waals surface area contributed by atoms with Gasteiger partial charge >= 0.3 is 6.03 Å². The Hall–Kier alpha value is -0.850. The zero-order valence-electron chi connectivity index (χ0n) is 12.5. The number of likely N-dealkylation sites (tertiary alicyclic amines) is 1. The van der Waals surface area contributed by atoms with Crippen LogP contribution in [0.2, 0.25) is 0 Å². The Morgan fingerprint density at radius 2 is 2.20 bits per heavy atom. The van der Waals surface area contributed by atoms with Gasteiger partial charge in [0.25, 0.3) is 0 Å². The number of hydrogen-bond donors (Lipinski definition) is 2. The minimum Gasteiger partial charge on any atom is -0.369 e. The Balaban J connectivity index is 1.55. The molecule has 2 amide bonds. The van der Waals surface area contributed by atoms with Crippen molar-refractivity contribution < 1.29 is 9.53 Å². The molecule has 114 valence electrons. The van der Waals surface area contributed by atoms with Crippen LogP contribution in [-0.2, 0) is 4.74 Å². The summed E-state index contributed by atoms with van der Waals surface area (Å²) < 4.78 is 5.82. The Bertz CT molecular complexity index is 372. The lowest BCUT2D eigenvalue weighted by Gasteiger charge is -2.49. The van der Waals surface area contributed by atoms with Crippen LogP contribution < -0.4 is 10.6 Å². The van der Waals surface area contributed by atoms with Crippen molar-refractivity contribution in [2.75, 3.05) is 46.4 Å². The number of rotatable bonds is 1. The maximum absolute atomic E-state index is 12.5. The molecule has 0 saturated carbocycles. The van der Waals surface area contributed by atoms with E-state index in [0.717, 1.165) is 32.5 Å². The lowest BCUT2D eigenvalue weighted by molar-refractivity contribution is -0.125. The molecule has 3 fully saturated rings. The van der Waals surface area contributed by atoms with Gasteiger partial charge in [-0.15, -0.1) is 0 Å². The summed E-state index contributed by atoms with van der Waals surface area (Å²) in [5, 5.41) is 6.46. The zero-order chi connectivity index (χ0) is 14.2. The van der Waals surface area contributed by atoms with E-state index in [1.54, 1.807) is 0 Å². The van der Waals surface area contributed by atoms with E-state index in [4.69, 9.17) is 4.74 Å². The molecular formula is C14H26N4O2. The molecule has 6 heteroatoms. The lowest BCUT2D eigenvalue weighted by atomic mass is 9.94. The van der Waals surface area contributed by atoms with Crippen LogP contribution in [0.25, 0.3) is 0 Å². The highest BCUT2D eigenvalue weighted by Gasteiger charge is 2.43. The summed E-state index contributed by atoms with van der Waals surface area (Å²) in [5.41, 5.74) is -0.120. The molecule has 0 aromatic carbocycles. The summed E-state index contributed by atoms with van der Waals surface area (Å²) in [5.74, 6) is 0. The molecule has 0 aromatic rings. The van der Waals surface area contributed by atoms with Gasteiger partial charge in [0, 0.05) is 31.7 Å². The average molecular weight is 282 g/mol. The number of piperidine rings is 1. The van der Waals surface area contributed by atoms with Crippen molar-refractivity contribution in [1.82, 2.24) is 20.4 Å². The SMILES string of the molecule is CC1C(NC(=O)N2CCOC3(CNC3)C2)CCCN1C. The molecule has 0 bridgehead atoms. The smallest absolute Gasteiger partial charge is 0.317 e. The second-order valence-electron chi connectivity index (χ2n) is 6.48. The van der Waals surface area contributed by atoms with Crippen LogP contribution in [0.4, 0.5) is 4.79 Å². The van der Waals surface area contributed by atoms with Crippen molar-refractivity contribution in [2.24, 2.45) is 0 Å². The van der Waals surface area contributed by atoms with Gasteiger partial charge in [-0.05, 0) is 33.4 Å². The second kappa shape index (κ2) is 5.50. The highest BCUT2D eigenvalue weighted by atomic mass is 16.5. The van der Waals surface area contributed by atoms with Crippen molar-refractivity contribution >= 4 is 6.03 Å². The van der Waals surface area contributed by atoms with Crippen molar-refractivity contribution in [1.29, 1.82) is 0 Å². The first-order valence-electron chi connectivity index (χ1n) is 7.70. The normalized spacial score (nSPS) is 33.8. The van der Waals surface area contributed by atoms with E-state index >= 15 is 0 Å². The fourth-order valence-electron chi connectivity index (χ4n) is 3.39. The minimum absolute atomic E-state index is 0.0757. The first-order valence-corrected chi connectivity index (χ1v) is 7.70. The van der Waals surface area contributed by atoms with Gasteiger partial charge in [-0.2, -0.15) is 0 Å². The fraction of sp³-hybridized carbons (Fsp3) is 0.929. The molecule has 3 saturated heterocycles. The van der Waals surface area contributed by atoms with Crippen molar-refractivity contribution in [3.8, 4) is 0 Å². The third kappa shape index (κ3) is 2.64. The summed E-state index contributed by atoms with van der Waals surface area (Å²) in [4.78, 5) is 16.7. The molecule has 0 aliphatic carbocycles. The first-order chi connectivity index (χ1) is 9.60. The minimum atomic E-state index is -0.120. The maximum Gasteiger partial charge on any atom is 0.317 e. The number of amides is 2. The number of urea groups is 1. The molecule has 3 aliphatic heterocycles. The average Bonchev–Trinajstić information content (AvgIpc) is 2.42. The summed E-state index contributed by atoms with van der Waals surface area (Å²) in [6, 6.07) is 0.749. The monoisotopic (exact) mass is 282 g/mol. The number of morpholine rings is 1. The van der Waals surface area contributed by atoms with Crippen LogP contribution in [0.5, 0.6) is 0 Å². The quantitative estimate of drug-likeness (QED) is 0.702. The first kappa shape index (κ1) is 14.1. The summed E-state index contributed by atoms with van der Waals surface area (Å²) in [6.45, 7) is 7.10. The maximum atomic E-state index is 12.5. The standard InChI is InChI=1S/C14H26N4O2/c1-11-12(4-3-5-17(11)2)16-13(19)18-6-7-20-14(10-18)8-15-9-14/h11-12,15H,3-10H2,1-2H3,(H,16,19). The highest BCUT2D eigenvalue weighted by molar-refractivity contribution is 5.75. The van der Waals surface area contributed by atoms with E-state index in [2.05, 4.69) is 29.5 Å². The van der Waals surface area contributed by atoms with E-state index in [1.807, 2.05) is 4.90 Å². The molecule has 3 heterocycles. The van der Waals surface area contributed by atoms with Gasteiger partial charge in [0.2, 0.25) is 0 Å². The summed E-state index contributed by atoms with van der Waals surface area (Å²) in [6.07, 6.45) is 2.23. The second-order valence-corrected chi connectivity index (χ2v) is 6.48. The predicted molar refractivity (Wildman–Crippen MR) is 76.8 cm³/mol. The third-order valence-electron chi connectivity index (χ3n) is 5.04. The molecule has 3 rings (SSSR count). The Morgan fingerprint density at radius 3 is 2.90 bits per heavy atom.